The molecule has 2 N–H and O–H groups in total. The molecule has 11 heteroatoms. The first-order valence-corrected chi connectivity index (χ1v) is 10.9. The molecule has 0 aliphatic heterocycles. The van der Waals surface area contributed by atoms with Crippen molar-refractivity contribution in [3.05, 3.63) is 64.3 Å². The van der Waals surface area contributed by atoms with Crippen molar-refractivity contribution >= 4 is 50.6 Å². The van der Waals surface area contributed by atoms with Gasteiger partial charge in [-0.05, 0) is 56.3 Å². The monoisotopic (exact) mass is 469 g/mol. The molecule has 0 saturated heterocycles. The zero-order chi connectivity index (χ0) is 21.9. The fourth-order valence-electron chi connectivity index (χ4n) is 2.39. The van der Waals surface area contributed by atoms with Crippen molar-refractivity contribution in [1.29, 1.82) is 0 Å². The third-order valence-corrected chi connectivity index (χ3v) is 5.77. The first-order chi connectivity index (χ1) is 14.1. The van der Waals surface area contributed by atoms with E-state index >= 15 is 0 Å². The third kappa shape index (κ3) is 5.44. The molecular weight excluding hydrogens is 453 g/mol. The summed E-state index contributed by atoms with van der Waals surface area (Å²) in [6.45, 7) is 3.21. The Kier molecular flexibility index (Phi) is 6.55. The van der Waals surface area contributed by atoms with E-state index in [9.17, 15) is 13.2 Å². The predicted octanol–water partition coefficient (Wildman–Crippen LogP) is 4.50. The Balaban J connectivity index is 1.63. The van der Waals surface area contributed by atoms with Crippen LogP contribution in [0.3, 0.4) is 0 Å². The van der Waals surface area contributed by atoms with Gasteiger partial charge in [0, 0.05) is 16.8 Å². The maximum absolute atomic E-state index is 12.4. The van der Waals surface area contributed by atoms with Gasteiger partial charge in [0.15, 0.2) is 11.9 Å². The smallest absolute Gasteiger partial charge is 0.265 e. The van der Waals surface area contributed by atoms with Gasteiger partial charge in [-0.1, -0.05) is 28.4 Å². The van der Waals surface area contributed by atoms with Crippen molar-refractivity contribution in [2.75, 3.05) is 10.0 Å². The van der Waals surface area contributed by atoms with E-state index in [0.717, 1.165) is 0 Å². The van der Waals surface area contributed by atoms with E-state index < -0.39 is 22.0 Å². The normalized spacial score (nSPS) is 12.3. The summed E-state index contributed by atoms with van der Waals surface area (Å²) < 4.78 is 37.5. The van der Waals surface area contributed by atoms with E-state index in [-0.39, 0.29) is 15.7 Å². The summed E-state index contributed by atoms with van der Waals surface area (Å²) in [6.07, 6.45) is -0.857. The van der Waals surface area contributed by atoms with Gasteiger partial charge in [-0.2, -0.15) is 0 Å². The van der Waals surface area contributed by atoms with Crippen LogP contribution in [0.5, 0.6) is 5.75 Å². The number of halogens is 2. The summed E-state index contributed by atoms with van der Waals surface area (Å²) in [5.74, 6) is 0.436. The molecule has 2 aromatic carbocycles. The molecular formula is C19H17Cl2N3O5S. The Labute approximate surface area is 183 Å². The van der Waals surface area contributed by atoms with Gasteiger partial charge in [-0.3, -0.25) is 9.52 Å². The number of aryl methyl sites for hydroxylation is 1. The van der Waals surface area contributed by atoms with Crippen LogP contribution in [0.15, 0.2) is 57.9 Å². The number of carbonyl (C=O) groups is 1. The lowest BCUT2D eigenvalue weighted by Gasteiger charge is -2.16. The lowest BCUT2D eigenvalue weighted by atomic mass is 10.3. The summed E-state index contributed by atoms with van der Waals surface area (Å²) in [5.41, 5.74) is 0.397. The maximum atomic E-state index is 12.4. The summed E-state index contributed by atoms with van der Waals surface area (Å²) in [6, 6.07) is 11.8. The van der Waals surface area contributed by atoms with Crippen LogP contribution in [-0.4, -0.2) is 25.6 Å². The number of hydrogen-bond acceptors (Lipinski definition) is 6. The molecule has 0 aliphatic rings. The minimum Gasteiger partial charge on any atom is -0.479 e. The van der Waals surface area contributed by atoms with E-state index in [4.69, 9.17) is 32.5 Å². The summed E-state index contributed by atoms with van der Waals surface area (Å²) in [7, 11) is -3.85. The Morgan fingerprint density at radius 3 is 2.43 bits per heavy atom. The van der Waals surface area contributed by atoms with Crippen LogP contribution in [0.25, 0.3) is 0 Å². The Morgan fingerprint density at radius 1 is 1.13 bits per heavy atom. The highest BCUT2D eigenvalue weighted by molar-refractivity contribution is 7.92. The van der Waals surface area contributed by atoms with Crippen LogP contribution >= 0.6 is 23.2 Å². The maximum Gasteiger partial charge on any atom is 0.265 e. The lowest BCUT2D eigenvalue weighted by molar-refractivity contribution is -0.122. The number of ether oxygens (including phenoxy) is 1. The molecule has 1 atom stereocenters. The molecule has 0 radical (unpaired) electrons. The van der Waals surface area contributed by atoms with Crippen molar-refractivity contribution < 1.29 is 22.5 Å². The number of benzene rings is 2. The van der Waals surface area contributed by atoms with Crippen molar-refractivity contribution in [1.82, 2.24) is 5.16 Å². The fourth-order valence-corrected chi connectivity index (χ4v) is 3.82. The number of nitrogens with zero attached hydrogens (tertiary/aromatic N) is 1. The number of amides is 1. The zero-order valence-corrected chi connectivity index (χ0v) is 18.2. The molecule has 3 aromatic rings. The molecule has 3 rings (SSSR count). The van der Waals surface area contributed by atoms with Crippen molar-refractivity contribution in [3.63, 3.8) is 0 Å². The van der Waals surface area contributed by atoms with E-state index in [1.54, 1.807) is 26.0 Å². The van der Waals surface area contributed by atoms with E-state index in [1.165, 1.54) is 36.4 Å². The molecule has 158 valence electrons. The second kappa shape index (κ2) is 8.95. The molecule has 1 heterocycles. The van der Waals surface area contributed by atoms with Gasteiger partial charge in [0.05, 0.1) is 9.92 Å². The summed E-state index contributed by atoms with van der Waals surface area (Å²) in [5, 5.41) is 6.98. The molecule has 0 saturated carbocycles. The molecule has 0 bridgehead atoms. The first-order valence-electron chi connectivity index (χ1n) is 8.63. The van der Waals surface area contributed by atoms with Crippen molar-refractivity contribution in [2.45, 2.75) is 24.8 Å². The van der Waals surface area contributed by atoms with Gasteiger partial charge in [0.25, 0.3) is 15.9 Å². The predicted molar refractivity (Wildman–Crippen MR) is 114 cm³/mol. The van der Waals surface area contributed by atoms with Crippen LogP contribution in [-0.2, 0) is 14.8 Å². The van der Waals surface area contributed by atoms with Crippen LogP contribution in [0.1, 0.15) is 12.7 Å². The average molecular weight is 470 g/mol. The third-order valence-electron chi connectivity index (χ3n) is 3.87. The number of aromatic nitrogens is 1. The molecule has 8 nitrogen and oxygen atoms in total. The Morgan fingerprint density at radius 2 is 1.83 bits per heavy atom. The minimum atomic E-state index is -3.85. The molecule has 0 fully saturated rings. The lowest BCUT2D eigenvalue weighted by Crippen LogP contribution is -2.30. The summed E-state index contributed by atoms with van der Waals surface area (Å²) >= 11 is 11.9. The fraction of sp³-hybridized carbons (Fsp3) is 0.158. The zero-order valence-electron chi connectivity index (χ0n) is 15.8. The molecule has 0 aliphatic carbocycles. The number of carbonyl (C=O) groups excluding carboxylic acids is 1. The number of sulfonamides is 1. The minimum absolute atomic E-state index is 0.00148. The van der Waals surface area contributed by atoms with Gasteiger partial charge in [-0.15, -0.1) is 0 Å². The quantitative estimate of drug-likeness (QED) is 0.526. The molecule has 1 amide bonds. The number of hydrogen-bond donors (Lipinski definition) is 2. The number of nitrogens with one attached hydrogen (secondary N) is 2. The van der Waals surface area contributed by atoms with E-state index in [2.05, 4.69) is 15.2 Å². The Bertz CT molecular complexity index is 1160. The average Bonchev–Trinajstić information content (AvgIpc) is 3.08. The number of rotatable bonds is 7. The van der Waals surface area contributed by atoms with E-state index in [0.29, 0.717) is 22.2 Å². The van der Waals surface area contributed by atoms with Gasteiger partial charge in [-0.25, -0.2) is 8.42 Å². The molecule has 0 unspecified atom stereocenters. The van der Waals surface area contributed by atoms with Crippen LogP contribution < -0.4 is 14.8 Å². The molecule has 1 aromatic heterocycles. The van der Waals surface area contributed by atoms with Gasteiger partial charge >= 0.3 is 0 Å². The molecule has 0 spiro atoms. The largest absolute Gasteiger partial charge is 0.479 e. The van der Waals surface area contributed by atoms with E-state index in [1.807, 2.05) is 0 Å². The van der Waals surface area contributed by atoms with Crippen molar-refractivity contribution in [2.24, 2.45) is 0 Å². The second-order valence-electron chi connectivity index (χ2n) is 6.28. The standard InChI is InChI=1S/C19H17Cl2N3O5S/c1-11-9-18(23-29-11)24-30(26,27)15-6-4-14(5-7-15)22-19(25)12(2)28-17-8-3-13(20)10-16(17)21/h3-10,12H,1-2H3,(H,22,25)(H,23,24)/t12-/m1/s1. The summed E-state index contributed by atoms with van der Waals surface area (Å²) in [4.78, 5) is 12.4. The highest BCUT2D eigenvalue weighted by Gasteiger charge is 2.19. The number of anilines is 2. The first kappa shape index (κ1) is 21.9. The SMILES string of the molecule is Cc1cc(NS(=O)(=O)c2ccc(NC(=O)[C@@H](C)Oc3ccc(Cl)cc3Cl)cc2)no1. The molecule has 30 heavy (non-hydrogen) atoms. The van der Waals surface area contributed by atoms with Gasteiger partial charge in [0.1, 0.15) is 11.5 Å². The second-order valence-corrected chi connectivity index (χ2v) is 8.80. The topological polar surface area (TPSA) is 111 Å². The van der Waals surface area contributed by atoms with Gasteiger partial charge < -0.3 is 14.6 Å². The van der Waals surface area contributed by atoms with Crippen LogP contribution in [0, 0.1) is 6.92 Å². The van der Waals surface area contributed by atoms with Crippen LogP contribution in [0.4, 0.5) is 11.5 Å². The van der Waals surface area contributed by atoms with Crippen molar-refractivity contribution in [3.8, 4) is 5.75 Å². The van der Waals surface area contributed by atoms with Crippen LogP contribution in [0.2, 0.25) is 10.0 Å². The Hall–Kier alpha value is -2.75. The highest BCUT2D eigenvalue weighted by Crippen LogP contribution is 2.28. The van der Waals surface area contributed by atoms with Gasteiger partial charge in [0.2, 0.25) is 0 Å². The highest BCUT2D eigenvalue weighted by atomic mass is 35.5.